The maximum atomic E-state index is 12.0. The predicted molar refractivity (Wildman–Crippen MR) is 79.1 cm³/mol. The van der Waals surface area contributed by atoms with Crippen LogP contribution in [0.25, 0.3) is 0 Å². The lowest BCUT2D eigenvalue weighted by Crippen LogP contribution is -2.33. The van der Waals surface area contributed by atoms with E-state index in [0.29, 0.717) is 6.54 Å². The van der Waals surface area contributed by atoms with E-state index in [1.54, 1.807) is 0 Å². The van der Waals surface area contributed by atoms with Crippen LogP contribution in [-0.4, -0.2) is 14.5 Å². The summed E-state index contributed by atoms with van der Waals surface area (Å²) < 4.78 is 26.8. The average Bonchev–Trinajstić information content (AvgIpc) is 2.35. The molecule has 108 valence electrons. The fourth-order valence-electron chi connectivity index (χ4n) is 1.98. The van der Waals surface area contributed by atoms with Crippen molar-refractivity contribution < 1.29 is 8.42 Å². The lowest BCUT2D eigenvalue weighted by molar-refractivity contribution is 0.533. The quantitative estimate of drug-likeness (QED) is 0.768. The van der Waals surface area contributed by atoms with Crippen LogP contribution in [0.2, 0.25) is 0 Å². The van der Waals surface area contributed by atoms with Gasteiger partial charge in [0.15, 0.2) is 0 Å². The third-order valence-corrected chi connectivity index (χ3v) is 4.43. The highest BCUT2D eigenvalue weighted by Crippen LogP contribution is 2.10. The molecule has 0 bridgehead atoms. The summed E-state index contributed by atoms with van der Waals surface area (Å²) in [5, 5.41) is 0. The molecule has 0 saturated heterocycles. The van der Waals surface area contributed by atoms with Crippen LogP contribution < -0.4 is 10.5 Å². The van der Waals surface area contributed by atoms with Crippen LogP contribution in [0, 0.1) is 0 Å². The highest BCUT2D eigenvalue weighted by atomic mass is 32.2. The van der Waals surface area contributed by atoms with Crippen molar-refractivity contribution in [1.82, 2.24) is 4.72 Å². The minimum absolute atomic E-state index is 0.0112. The van der Waals surface area contributed by atoms with Crippen LogP contribution in [0.5, 0.6) is 0 Å². The van der Waals surface area contributed by atoms with Gasteiger partial charge in [-0.05, 0) is 24.5 Å². The van der Waals surface area contributed by atoms with Gasteiger partial charge in [-0.3, -0.25) is 0 Å². The summed E-state index contributed by atoms with van der Waals surface area (Å²) in [6, 6.07) is 7.38. The molecule has 0 amide bonds. The molecule has 5 heteroatoms. The summed E-state index contributed by atoms with van der Waals surface area (Å²) in [4.78, 5) is 0. The van der Waals surface area contributed by atoms with Crippen molar-refractivity contribution in [1.29, 1.82) is 0 Å². The lowest BCUT2D eigenvalue weighted by atomic mass is 10.1. The molecule has 0 aliphatic carbocycles. The van der Waals surface area contributed by atoms with Crippen molar-refractivity contribution in [3.05, 3.63) is 35.4 Å². The van der Waals surface area contributed by atoms with Gasteiger partial charge in [0, 0.05) is 12.6 Å². The van der Waals surface area contributed by atoms with E-state index in [0.717, 1.165) is 30.4 Å². The third kappa shape index (κ3) is 6.18. The number of sulfonamides is 1. The van der Waals surface area contributed by atoms with E-state index in [4.69, 9.17) is 5.73 Å². The van der Waals surface area contributed by atoms with Crippen molar-refractivity contribution in [3.8, 4) is 0 Å². The summed E-state index contributed by atoms with van der Waals surface area (Å²) in [6.07, 6.45) is 2.98. The van der Waals surface area contributed by atoms with E-state index < -0.39 is 10.0 Å². The molecule has 0 saturated carbocycles. The first-order chi connectivity index (χ1) is 8.96. The normalized spacial score (nSPS) is 13.4. The fraction of sp³-hybridized carbons (Fsp3) is 0.571. The van der Waals surface area contributed by atoms with Gasteiger partial charge in [0.05, 0.1) is 5.75 Å². The van der Waals surface area contributed by atoms with Gasteiger partial charge in [-0.15, -0.1) is 0 Å². The minimum atomic E-state index is -3.28. The zero-order valence-corrected chi connectivity index (χ0v) is 12.5. The molecule has 0 aromatic heterocycles. The van der Waals surface area contributed by atoms with Crippen molar-refractivity contribution in [2.24, 2.45) is 5.73 Å². The van der Waals surface area contributed by atoms with Crippen LogP contribution in [0.3, 0.4) is 0 Å². The lowest BCUT2D eigenvalue weighted by Gasteiger charge is -2.14. The molecule has 19 heavy (non-hydrogen) atoms. The zero-order chi connectivity index (χ0) is 14.3. The Morgan fingerprint density at radius 2 is 2.00 bits per heavy atom. The summed E-state index contributed by atoms with van der Waals surface area (Å²) >= 11 is 0. The van der Waals surface area contributed by atoms with Crippen LogP contribution in [0.4, 0.5) is 0 Å². The minimum Gasteiger partial charge on any atom is -0.326 e. The SMILES string of the molecule is CCCCC(C)NS(=O)(=O)Cc1cccc(CN)c1. The van der Waals surface area contributed by atoms with E-state index in [2.05, 4.69) is 11.6 Å². The fourth-order valence-corrected chi connectivity index (χ4v) is 3.42. The molecule has 0 radical (unpaired) electrons. The van der Waals surface area contributed by atoms with Gasteiger partial charge in [0.1, 0.15) is 0 Å². The second kappa shape index (κ2) is 7.62. The average molecular weight is 284 g/mol. The Balaban J connectivity index is 2.63. The monoisotopic (exact) mass is 284 g/mol. The topological polar surface area (TPSA) is 72.2 Å². The van der Waals surface area contributed by atoms with Crippen LogP contribution in [0.15, 0.2) is 24.3 Å². The van der Waals surface area contributed by atoms with E-state index in [-0.39, 0.29) is 11.8 Å². The van der Waals surface area contributed by atoms with Crippen molar-refractivity contribution in [2.45, 2.75) is 51.4 Å². The van der Waals surface area contributed by atoms with Crippen molar-refractivity contribution in [3.63, 3.8) is 0 Å². The smallest absolute Gasteiger partial charge is 0.216 e. The Bertz CT molecular complexity index is 486. The molecule has 3 N–H and O–H groups in total. The predicted octanol–water partition coefficient (Wildman–Crippen LogP) is 2.14. The number of nitrogens with one attached hydrogen (secondary N) is 1. The molecule has 1 unspecified atom stereocenters. The Kier molecular flexibility index (Phi) is 6.48. The molecule has 0 fully saturated rings. The van der Waals surface area contributed by atoms with Crippen LogP contribution in [0.1, 0.15) is 44.2 Å². The largest absolute Gasteiger partial charge is 0.326 e. The van der Waals surface area contributed by atoms with Crippen molar-refractivity contribution in [2.75, 3.05) is 0 Å². The van der Waals surface area contributed by atoms with Gasteiger partial charge in [-0.25, -0.2) is 13.1 Å². The number of hydrogen-bond donors (Lipinski definition) is 2. The molecular weight excluding hydrogens is 260 g/mol. The Hall–Kier alpha value is -0.910. The number of rotatable bonds is 8. The third-order valence-electron chi connectivity index (χ3n) is 2.96. The van der Waals surface area contributed by atoms with Gasteiger partial charge in [0.2, 0.25) is 10.0 Å². The number of hydrogen-bond acceptors (Lipinski definition) is 3. The Labute approximate surface area is 116 Å². The second-order valence-electron chi connectivity index (χ2n) is 4.94. The Morgan fingerprint density at radius 3 is 2.63 bits per heavy atom. The first-order valence-electron chi connectivity index (χ1n) is 6.74. The number of benzene rings is 1. The molecule has 4 nitrogen and oxygen atoms in total. The zero-order valence-electron chi connectivity index (χ0n) is 11.7. The molecule has 1 rings (SSSR count). The first kappa shape index (κ1) is 16.1. The molecule has 1 aromatic carbocycles. The summed E-state index contributed by atoms with van der Waals surface area (Å²) in [7, 11) is -3.28. The van der Waals surface area contributed by atoms with Gasteiger partial charge in [0.25, 0.3) is 0 Å². The van der Waals surface area contributed by atoms with Crippen molar-refractivity contribution >= 4 is 10.0 Å². The maximum Gasteiger partial charge on any atom is 0.216 e. The summed E-state index contributed by atoms with van der Waals surface area (Å²) in [5.74, 6) is 0.0112. The molecule has 0 spiro atoms. The maximum absolute atomic E-state index is 12.0. The van der Waals surface area contributed by atoms with E-state index in [1.165, 1.54) is 0 Å². The van der Waals surface area contributed by atoms with Gasteiger partial charge < -0.3 is 5.73 Å². The molecule has 0 heterocycles. The highest BCUT2D eigenvalue weighted by molar-refractivity contribution is 7.88. The summed E-state index contributed by atoms with van der Waals surface area (Å²) in [6.45, 7) is 4.43. The summed E-state index contributed by atoms with van der Waals surface area (Å²) in [5.41, 5.74) is 7.28. The number of nitrogens with two attached hydrogens (primary N) is 1. The van der Waals surface area contributed by atoms with E-state index in [9.17, 15) is 8.42 Å². The molecular formula is C14H24N2O2S. The van der Waals surface area contributed by atoms with Gasteiger partial charge >= 0.3 is 0 Å². The van der Waals surface area contributed by atoms with Crippen LogP contribution in [-0.2, 0) is 22.3 Å². The standard InChI is InChI=1S/C14H24N2O2S/c1-3-4-6-12(2)16-19(17,18)11-14-8-5-7-13(9-14)10-15/h5,7-9,12,16H,3-4,6,10-11,15H2,1-2H3. The van der Waals surface area contributed by atoms with E-state index >= 15 is 0 Å². The highest BCUT2D eigenvalue weighted by Gasteiger charge is 2.15. The molecule has 1 aromatic rings. The first-order valence-corrected chi connectivity index (χ1v) is 8.40. The second-order valence-corrected chi connectivity index (χ2v) is 6.70. The Morgan fingerprint density at radius 1 is 1.32 bits per heavy atom. The van der Waals surface area contributed by atoms with Gasteiger partial charge in [-0.2, -0.15) is 0 Å². The molecule has 1 atom stereocenters. The number of unbranched alkanes of at least 4 members (excludes halogenated alkanes) is 1. The van der Waals surface area contributed by atoms with E-state index in [1.807, 2.05) is 31.2 Å². The van der Waals surface area contributed by atoms with Gasteiger partial charge in [-0.1, -0.05) is 44.0 Å². The molecule has 0 aliphatic heterocycles. The molecule has 0 aliphatic rings. The van der Waals surface area contributed by atoms with Crippen LogP contribution >= 0.6 is 0 Å².